The minimum atomic E-state index is -3.42. The Labute approximate surface area is 145 Å². The van der Waals surface area contributed by atoms with Gasteiger partial charge in [-0.15, -0.1) is 0 Å². The van der Waals surface area contributed by atoms with E-state index in [1.165, 1.54) is 6.26 Å². The number of sulfone groups is 1. The summed E-state index contributed by atoms with van der Waals surface area (Å²) in [6.07, 6.45) is 4.79. The molecule has 0 aliphatic carbocycles. The van der Waals surface area contributed by atoms with Gasteiger partial charge in [0.05, 0.1) is 23.3 Å². The van der Waals surface area contributed by atoms with E-state index in [1.807, 2.05) is 60.8 Å². The van der Waals surface area contributed by atoms with Crippen molar-refractivity contribution >= 4 is 20.9 Å². The Hall–Kier alpha value is -2.93. The van der Waals surface area contributed by atoms with Gasteiger partial charge in [-0.1, -0.05) is 24.3 Å². The molecule has 0 fully saturated rings. The molecule has 126 valence electrons. The third-order valence-electron chi connectivity index (χ3n) is 4.00. The quantitative estimate of drug-likeness (QED) is 0.566. The van der Waals surface area contributed by atoms with Gasteiger partial charge in [0, 0.05) is 18.6 Å². The fourth-order valence-electron chi connectivity index (χ4n) is 2.85. The minimum Gasteiger partial charge on any atom is -0.310 e. The van der Waals surface area contributed by atoms with E-state index >= 15 is 0 Å². The Morgan fingerprint density at radius 2 is 1.76 bits per heavy atom. The van der Waals surface area contributed by atoms with Gasteiger partial charge in [-0.3, -0.25) is 0 Å². The molecule has 2 aromatic carbocycles. The van der Waals surface area contributed by atoms with Crippen LogP contribution in [0.4, 0.5) is 0 Å². The topological polar surface area (TPSA) is 69.8 Å². The van der Waals surface area contributed by atoms with Crippen molar-refractivity contribution in [3.63, 3.8) is 0 Å². The Balaban J connectivity index is 1.75. The molecule has 25 heavy (non-hydrogen) atoms. The second-order valence-corrected chi connectivity index (χ2v) is 7.77. The first kappa shape index (κ1) is 15.6. The Bertz CT molecular complexity index is 1130. The molecule has 0 saturated carbocycles. The molecule has 0 atom stereocenters. The summed E-state index contributed by atoms with van der Waals surface area (Å²) in [5, 5.41) is 4.29. The van der Waals surface area contributed by atoms with Crippen LogP contribution in [0.1, 0.15) is 5.56 Å². The monoisotopic (exact) mass is 352 g/mol. The van der Waals surface area contributed by atoms with E-state index in [1.54, 1.807) is 15.4 Å². The Morgan fingerprint density at radius 3 is 2.44 bits per heavy atom. The highest BCUT2D eigenvalue weighted by Gasteiger charge is 2.19. The van der Waals surface area contributed by atoms with Gasteiger partial charge in [0.1, 0.15) is 0 Å². The molecule has 6 nitrogen and oxygen atoms in total. The molecule has 0 spiro atoms. The van der Waals surface area contributed by atoms with Crippen LogP contribution in [0.2, 0.25) is 0 Å². The zero-order valence-corrected chi connectivity index (χ0v) is 14.4. The average molecular weight is 352 g/mol. The van der Waals surface area contributed by atoms with Gasteiger partial charge in [0.15, 0.2) is 0 Å². The zero-order chi connectivity index (χ0) is 17.4. The number of imidazole rings is 1. The van der Waals surface area contributed by atoms with Crippen LogP contribution in [0.3, 0.4) is 0 Å². The number of hydrogen-bond donors (Lipinski definition) is 0. The summed E-state index contributed by atoms with van der Waals surface area (Å²) < 4.78 is 27.8. The summed E-state index contributed by atoms with van der Waals surface area (Å²) in [5.41, 5.74) is 3.42. The van der Waals surface area contributed by atoms with Crippen LogP contribution in [0, 0.1) is 0 Å². The lowest BCUT2D eigenvalue weighted by atomic mass is 10.2. The summed E-state index contributed by atoms with van der Waals surface area (Å²) in [4.78, 5) is 4.30. The normalized spacial score (nSPS) is 11.9. The van der Waals surface area contributed by atoms with Crippen LogP contribution in [0.5, 0.6) is 0 Å². The molecule has 0 saturated heterocycles. The van der Waals surface area contributed by atoms with Crippen molar-refractivity contribution in [3.05, 3.63) is 72.6 Å². The molecule has 0 unspecified atom stereocenters. The molecule has 0 aliphatic heterocycles. The van der Waals surface area contributed by atoms with Crippen molar-refractivity contribution in [2.24, 2.45) is 0 Å². The number of aromatic nitrogens is 4. The van der Waals surface area contributed by atoms with Crippen LogP contribution in [0.25, 0.3) is 16.7 Å². The Morgan fingerprint density at radius 1 is 1.00 bits per heavy atom. The molecule has 4 aromatic rings. The van der Waals surface area contributed by atoms with Gasteiger partial charge < -0.3 is 4.57 Å². The van der Waals surface area contributed by atoms with Crippen molar-refractivity contribution in [3.8, 4) is 5.69 Å². The second kappa shape index (κ2) is 5.86. The fraction of sp³-hybridized carbons (Fsp3) is 0.111. The lowest BCUT2D eigenvalue weighted by Crippen LogP contribution is -2.10. The molecular formula is C18H16N4O2S. The molecular weight excluding hydrogens is 336 g/mol. The molecule has 4 rings (SSSR count). The first-order valence-corrected chi connectivity index (χ1v) is 9.66. The predicted octanol–water partition coefficient (Wildman–Crippen LogP) is 2.67. The smallest absolute Gasteiger partial charge is 0.228 e. The summed E-state index contributed by atoms with van der Waals surface area (Å²) in [6.45, 7) is 0.433. The van der Waals surface area contributed by atoms with Crippen molar-refractivity contribution < 1.29 is 8.42 Å². The van der Waals surface area contributed by atoms with E-state index < -0.39 is 9.84 Å². The van der Waals surface area contributed by atoms with Crippen molar-refractivity contribution in [2.45, 2.75) is 11.7 Å². The molecule has 2 aromatic heterocycles. The highest BCUT2D eigenvalue weighted by Crippen LogP contribution is 2.21. The lowest BCUT2D eigenvalue weighted by molar-refractivity contribution is 0.581. The van der Waals surface area contributed by atoms with Gasteiger partial charge >= 0.3 is 0 Å². The summed E-state index contributed by atoms with van der Waals surface area (Å²) in [5.74, 6) is 0. The first-order chi connectivity index (χ1) is 12.0. The summed E-state index contributed by atoms with van der Waals surface area (Å²) in [6, 6.07) is 17.2. The van der Waals surface area contributed by atoms with Crippen molar-refractivity contribution in [1.29, 1.82) is 0 Å². The van der Waals surface area contributed by atoms with Crippen molar-refractivity contribution in [2.75, 3.05) is 6.26 Å². The fourth-order valence-corrected chi connectivity index (χ4v) is 3.67. The Kier molecular flexibility index (Phi) is 3.65. The van der Waals surface area contributed by atoms with Crippen LogP contribution in [0.15, 0.2) is 72.1 Å². The highest BCUT2D eigenvalue weighted by atomic mass is 32.2. The minimum absolute atomic E-state index is 0.0878. The first-order valence-electron chi connectivity index (χ1n) is 7.77. The van der Waals surface area contributed by atoms with E-state index in [4.69, 9.17) is 0 Å². The van der Waals surface area contributed by atoms with Crippen LogP contribution < -0.4 is 0 Å². The van der Waals surface area contributed by atoms with Crippen molar-refractivity contribution in [1.82, 2.24) is 19.3 Å². The molecule has 7 heteroatoms. The van der Waals surface area contributed by atoms with E-state index in [0.29, 0.717) is 12.1 Å². The molecule has 0 bridgehead atoms. The number of fused-ring (bicyclic) bond motifs is 1. The number of para-hydroxylation sites is 2. The van der Waals surface area contributed by atoms with E-state index in [9.17, 15) is 8.42 Å². The molecule has 0 N–H and O–H groups in total. The van der Waals surface area contributed by atoms with Crippen LogP contribution in [-0.2, 0) is 16.4 Å². The summed E-state index contributed by atoms with van der Waals surface area (Å²) >= 11 is 0. The third kappa shape index (κ3) is 2.94. The van der Waals surface area contributed by atoms with E-state index in [-0.39, 0.29) is 5.16 Å². The standard InChI is InChI=1S/C18H16N4O2S/c1-25(23,24)18-20-16-5-2-3-6-17(16)21(18)13-14-7-9-15(10-8-14)22-12-4-11-19-22/h2-12H,13H2,1H3. The predicted molar refractivity (Wildman–Crippen MR) is 95.5 cm³/mol. The zero-order valence-electron chi connectivity index (χ0n) is 13.6. The maximum atomic E-state index is 12.1. The lowest BCUT2D eigenvalue weighted by Gasteiger charge is -2.09. The van der Waals surface area contributed by atoms with Gasteiger partial charge in [-0.05, 0) is 35.9 Å². The number of hydrogen-bond acceptors (Lipinski definition) is 4. The molecule has 2 heterocycles. The highest BCUT2D eigenvalue weighted by molar-refractivity contribution is 7.90. The maximum Gasteiger partial charge on any atom is 0.228 e. The maximum absolute atomic E-state index is 12.1. The SMILES string of the molecule is CS(=O)(=O)c1nc2ccccc2n1Cc1ccc(-n2cccn2)cc1. The third-order valence-corrected chi connectivity index (χ3v) is 4.97. The van der Waals surface area contributed by atoms with Gasteiger partial charge in [-0.25, -0.2) is 18.1 Å². The molecule has 0 aliphatic rings. The van der Waals surface area contributed by atoms with Crippen LogP contribution >= 0.6 is 0 Å². The van der Waals surface area contributed by atoms with Gasteiger partial charge in [-0.2, -0.15) is 5.10 Å². The van der Waals surface area contributed by atoms with Crippen LogP contribution in [-0.4, -0.2) is 34.0 Å². The number of benzene rings is 2. The molecule has 0 amide bonds. The number of rotatable bonds is 4. The average Bonchev–Trinajstić information content (AvgIpc) is 3.24. The second-order valence-electron chi connectivity index (χ2n) is 5.86. The van der Waals surface area contributed by atoms with E-state index in [2.05, 4.69) is 10.1 Å². The summed E-state index contributed by atoms with van der Waals surface area (Å²) in [7, 11) is -3.42. The van der Waals surface area contributed by atoms with Gasteiger partial charge in [0.2, 0.25) is 15.0 Å². The van der Waals surface area contributed by atoms with E-state index in [0.717, 1.165) is 16.8 Å². The largest absolute Gasteiger partial charge is 0.310 e. The molecule has 0 radical (unpaired) electrons. The number of nitrogens with zero attached hydrogens (tertiary/aromatic N) is 4. The van der Waals surface area contributed by atoms with Gasteiger partial charge in [0.25, 0.3) is 0 Å².